The highest BCUT2D eigenvalue weighted by atomic mass is 32.2. The molecule has 0 aliphatic rings. The first-order chi connectivity index (χ1) is 12.5. The molecule has 3 rings (SSSR count). The maximum Gasteiger partial charge on any atom is 0.282 e. The van der Waals surface area contributed by atoms with Crippen molar-refractivity contribution in [3.8, 4) is 5.75 Å². The SMILES string of the molecule is Cc1ccc(S(=O)(=O)/N=C\c2ccccc2OCc2ccccc2)cc1. The zero-order chi connectivity index (χ0) is 18.4. The number of benzene rings is 3. The Morgan fingerprint density at radius 1 is 0.885 bits per heavy atom. The average molecular weight is 365 g/mol. The molecule has 132 valence electrons. The lowest BCUT2D eigenvalue weighted by molar-refractivity contribution is 0.306. The molecule has 0 bridgehead atoms. The van der Waals surface area contributed by atoms with E-state index in [0.717, 1.165) is 11.1 Å². The van der Waals surface area contributed by atoms with Gasteiger partial charge >= 0.3 is 0 Å². The highest BCUT2D eigenvalue weighted by molar-refractivity contribution is 7.90. The van der Waals surface area contributed by atoms with Gasteiger partial charge in [0, 0.05) is 5.56 Å². The lowest BCUT2D eigenvalue weighted by atomic mass is 10.2. The molecule has 3 aromatic carbocycles. The Morgan fingerprint density at radius 2 is 1.54 bits per heavy atom. The van der Waals surface area contributed by atoms with Crippen LogP contribution in [0.1, 0.15) is 16.7 Å². The van der Waals surface area contributed by atoms with Gasteiger partial charge in [-0.05, 0) is 36.8 Å². The maximum absolute atomic E-state index is 12.4. The van der Waals surface area contributed by atoms with Crippen LogP contribution < -0.4 is 4.74 Å². The summed E-state index contributed by atoms with van der Waals surface area (Å²) in [5.74, 6) is 0.583. The molecule has 26 heavy (non-hydrogen) atoms. The molecule has 0 saturated heterocycles. The average Bonchev–Trinajstić information content (AvgIpc) is 2.66. The number of aryl methyl sites for hydroxylation is 1. The van der Waals surface area contributed by atoms with Crippen molar-refractivity contribution in [1.29, 1.82) is 0 Å². The molecule has 0 aliphatic carbocycles. The van der Waals surface area contributed by atoms with Gasteiger partial charge in [-0.25, -0.2) is 0 Å². The fourth-order valence-electron chi connectivity index (χ4n) is 2.35. The first kappa shape index (κ1) is 17.9. The molecule has 4 nitrogen and oxygen atoms in total. The normalized spacial score (nSPS) is 11.6. The first-order valence-electron chi connectivity index (χ1n) is 8.17. The van der Waals surface area contributed by atoms with Crippen LogP contribution in [0.4, 0.5) is 0 Å². The van der Waals surface area contributed by atoms with Crippen LogP contribution in [0.25, 0.3) is 0 Å². The first-order valence-corrected chi connectivity index (χ1v) is 9.61. The molecule has 0 radical (unpaired) electrons. The standard InChI is InChI=1S/C21H19NO3S/c1-17-11-13-20(14-12-17)26(23,24)22-15-19-9-5-6-10-21(19)25-16-18-7-3-2-4-8-18/h2-15H,16H2,1H3/b22-15-. The Hall–Kier alpha value is -2.92. The number of nitrogens with zero attached hydrogens (tertiary/aromatic N) is 1. The fraction of sp³-hybridized carbons (Fsp3) is 0.0952. The smallest absolute Gasteiger partial charge is 0.282 e. The molecule has 0 fully saturated rings. The zero-order valence-corrected chi connectivity index (χ0v) is 15.2. The lowest BCUT2D eigenvalue weighted by Crippen LogP contribution is -2.00. The molecule has 0 spiro atoms. The van der Waals surface area contributed by atoms with Gasteiger partial charge in [0.05, 0.1) is 11.1 Å². The van der Waals surface area contributed by atoms with E-state index in [4.69, 9.17) is 4.74 Å². The molecular formula is C21H19NO3S. The quantitative estimate of drug-likeness (QED) is 0.609. The summed E-state index contributed by atoms with van der Waals surface area (Å²) in [7, 11) is -3.75. The van der Waals surface area contributed by atoms with E-state index < -0.39 is 10.0 Å². The van der Waals surface area contributed by atoms with Gasteiger partial charge in [-0.15, -0.1) is 0 Å². The molecule has 5 heteroatoms. The third-order valence-corrected chi connectivity index (χ3v) is 5.06. The summed E-state index contributed by atoms with van der Waals surface area (Å²) in [6.07, 6.45) is 1.33. The summed E-state index contributed by atoms with van der Waals surface area (Å²) < 4.78 is 34.4. The largest absolute Gasteiger partial charge is 0.488 e. The maximum atomic E-state index is 12.4. The number of ether oxygens (including phenoxy) is 1. The second kappa shape index (κ2) is 7.97. The van der Waals surface area contributed by atoms with Crippen molar-refractivity contribution in [1.82, 2.24) is 0 Å². The topological polar surface area (TPSA) is 55.7 Å². The van der Waals surface area contributed by atoms with Gasteiger partial charge in [0.2, 0.25) is 0 Å². The summed E-state index contributed by atoms with van der Waals surface area (Å²) >= 11 is 0. The highest BCUT2D eigenvalue weighted by Crippen LogP contribution is 2.19. The van der Waals surface area contributed by atoms with E-state index in [9.17, 15) is 8.42 Å². The second-order valence-electron chi connectivity index (χ2n) is 5.83. The Bertz CT molecular complexity index is 995. The Balaban J connectivity index is 1.79. The molecule has 0 aromatic heterocycles. The molecule has 0 amide bonds. The molecule has 0 N–H and O–H groups in total. The van der Waals surface area contributed by atoms with Crippen LogP contribution in [0.15, 0.2) is 88.2 Å². The second-order valence-corrected chi connectivity index (χ2v) is 7.47. The molecule has 0 heterocycles. The van der Waals surface area contributed by atoms with Gasteiger partial charge in [0.1, 0.15) is 12.4 Å². The van der Waals surface area contributed by atoms with Gasteiger partial charge in [-0.3, -0.25) is 0 Å². The predicted molar refractivity (Wildman–Crippen MR) is 103 cm³/mol. The molecule has 0 unspecified atom stereocenters. The molecular weight excluding hydrogens is 346 g/mol. The molecule has 3 aromatic rings. The van der Waals surface area contributed by atoms with Crippen LogP contribution in [-0.2, 0) is 16.6 Å². The number of para-hydroxylation sites is 1. The van der Waals surface area contributed by atoms with E-state index in [2.05, 4.69) is 4.40 Å². The Kier molecular flexibility index (Phi) is 5.49. The van der Waals surface area contributed by atoms with E-state index in [1.165, 1.54) is 6.21 Å². The van der Waals surface area contributed by atoms with Crippen molar-refractivity contribution in [2.75, 3.05) is 0 Å². The molecule has 0 atom stereocenters. The van der Waals surface area contributed by atoms with Gasteiger partial charge in [-0.2, -0.15) is 12.8 Å². The van der Waals surface area contributed by atoms with Crippen molar-refractivity contribution in [3.63, 3.8) is 0 Å². The summed E-state index contributed by atoms with van der Waals surface area (Å²) in [6, 6.07) is 23.6. The summed E-state index contributed by atoms with van der Waals surface area (Å²) in [5.41, 5.74) is 2.64. The van der Waals surface area contributed by atoms with Crippen molar-refractivity contribution in [2.45, 2.75) is 18.4 Å². The summed E-state index contributed by atoms with van der Waals surface area (Å²) in [6.45, 7) is 2.30. The lowest BCUT2D eigenvalue weighted by Gasteiger charge is -2.09. The minimum absolute atomic E-state index is 0.169. The highest BCUT2D eigenvalue weighted by Gasteiger charge is 2.11. The molecule has 0 aliphatic heterocycles. The summed E-state index contributed by atoms with van der Waals surface area (Å²) in [5, 5.41) is 0. The minimum Gasteiger partial charge on any atom is -0.488 e. The third kappa shape index (κ3) is 4.58. The van der Waals surface area contributed by atoms with Crippen LogP contribution in [-0.4, -0.2) is 14.6 Å². The van der Waals surface area contributed by atoms with E-state index in [-0.39, 0.29) is 4.90 Å². The molecule has 0 saturated carbocycles. The Morgan fingerprint density at radius 3 is 2.27 bits per heavy atom. The van der Waals surface area contributed by atoms with E-state index in [1.807, 2.05) is 49.4 Å². The minimum atomic E-state index is -3.75. The number of hydrogen-bond donors (Lipinski definition) is 0. The summed E-state index contributed by atoms with van der Waals surface area (Å²) in [4.78, 5) is 0.169. The predicted octanol–water partition coefficient (Wildman–Crippen LogP) is 4.38. The van der Waals surface area contributed by atoms with Gasteiger partial charge in [0.15, 0.2) is 0 Å². The van der Waals surface area contributed by atoms with Gasteiger partial charge < -0.3 is 4.74 Å². The Labute approximate surface area is 153 Å². The number of sulfonamides is 1. The van der Waals surface area contributed by atoms with Crippen LogP contribution >= 0.6 is 0 Å². The van der Waals surface area contributed by atoms with E-state index in [0.29, 0.717) is 17.9 Å². The van der Waals surface area contributed by atoms with Crippen LogP contribution in [0.3, 0.4) is 0 Å². The fourth-order valence-corrected chi connectivity index (χ4v) is 3.21. The number of rotatable bonds is 6. The van der Waals surface area contributed by atoms with Gasteiger partial charge in [0.25, 0.3) is 10.0 Å². The van der Waals surface area contributed by atoms with E-state index >= 15 is 0 Å². The van der Waals surface area contributed by atoms with Gasteiger partial charge in [-0.1, -0.05) is 60.2 Å². The zero-order valence-electron chi connectivity index (χ0n) is 14.4. The van der Waals surface area contributed by atoms with Crippen molar-refractivity contribution < 1.29 is 13.2 Å². The van der Waals surface area contributed by atoms with Crippen molar-refractivity contribution in [3.05, 3.63) is 95.6 Å². The van der Waals surface area contributed by atoms with Crippen LogP contribution in [0, 0.1) is 6.92 Å². The number of hydrogen-bond acceptors (Lipinski definition) is 3. The van der Waals surface area contributed by atoms with Crippen molar-refractivity contribution >= 4 is 16.2 Å². The third-order valence-electron chi connectivity index (χ3n) is 3.81. The van der Waals surface area contributed by atoms with E-state index in [1.54, 1.807) is 36.4 Å². The van der Waals surface area contributed by atoms with Crippen molar-refractivity contribution in [2.24, 2.45) is 4.40 Å². The monoisotopic (exact) mass is 365 g/mol. The van der Waals surface area contributed by atoms with Crippen LogP contribution in [0.5, 0.6) is 5.75 Å². The van der Waals surface area contributed by atoms with Crippen LogP contribution in [0.2, 0.25) is 0 Å².